The predicted molar refractivity (Wildman–Crippen MR) is 133 cm³/mol. The van der Waals surface area contributed by atoms with Gasteiger partial charge in [0, 0.05) is 16.1 Å². The number of hydrogen-bond acceptors (Lipinski definition) is 4. The predicted octanol–water partition coefficient (Wildman–Crippen LogP) is 4.98. The molecular weight excluding hydrogens is 481 g/mol. The molecule has 168 valence electrons. The molecule has 9 heteroatoms. The van der Waals surface area contributed by atoms with Gasteiger partial charge in [-0.1, -0.05) is 59.6 Å². The number of nitrogens with one attached hydrogen (secondary N) is 2. The third-order valence-electron chi connectivity index (χ3n) is 4.28. The van der Waals surface area contributed by atoms with Crippen LogP contribution in [0.5, 0.6) is 0 Å². The van der Waals surface area contributed by atoms with E-state index < -0.39 is 17.7 Å². The van der Waals surface area contributed by atoms with E-state index >= 15 is 0 Å². The number of nitrogens with two attached hydrogens (primary N) is 1. The minimum atomic E-state index is -0.563. The van der Waals surface area contributed by atoms with E-state index in [0.29, 0.717) is 21.8 Å². The summed E-state index contributed by atoms with van der Waals surface area (Å²) >= 11 is 13.6. The summed E-state index contributed by atoms with van der Waals surface area (Å²) < 4.78 is 0. The highest BCUT2D eigenvalue weighted by Gasteiger charge is 2.16. The molecule has 0 aliphatic heterocycles. The summed E-state index contributed by atoms with van der Waals surface area (Å²) in [7, 11) is 0. The maximum absolute atomic E-state index is 13.1. The first-order chi connectivity index (χ1) is 15.8. The van der Waals surface area contributed by atoms with Crippen LogP contribution in [0.25, 0.3) is 6.08 Å². The van der Waals surface area contributed by atoms with Crippen molar-refractivity contribution in [3.05, 3.63) is 99.7 Å². The molecule has 3 rings (SSSR count). The number of carbonyl (C=O) groups excluding carboxylic acids is 3. The lowest BCUT2D eigenvalue weighted by molar-refractivity contribution is -0.115. The fraction of sp³-hybridized carbons (Fsp3) is 0.0417. The van der Waals surface area contributed by atoms with Gasteiger partial charge in [0.2, 0.25) is 5.91 Å². The summed E-state index contributed by atoms with van der Waals surface area (Å²) in [6, 6.07) is 20.4. The number of carbonyl (C=O) groups is 3. The summed E-state index contributed by atoms with van der Waals surface area (Å²) in [6.07, 6.45) is 1.45. The first-order valence-corrected chi connectivity index (χ1v) is 11.4. The van der Waals surface area contributed by atoms with Crippen molar-refractivity contribution in [1.29, 1.82) is 0 Å². The van der Waals surface area contributed by atoms with Crippen LogP contribution in [0.2, 0.25) is 10.0 Å². The van der Waals surface area contributed by atoms with Gasteiger partial charge >= 0.3 is 0 Å². The molecule has 3 aromatic carbocycles. The van der Waals surface area contributed by atoms with Gasteiger partial charge in [-0.2, -0.15) is 0 Å². The second-order valence-corrected chi connectivity index (χ2v) is 8.59. The van der Waals surface area contributed by atoms with Gasteiger partial charge in [-0.25, -0.2) is 0 Å². The molecule has 0 aliphatic rings. The number of amides is 3. The van der Waals surface area contributed by atoms with Gasteiger partial charge in [0.05, 0.1) is 15.8 Å². The molecular formula is C24H19Cl2N3O3S. The first-order valence-electron chi connectivity index (χ1n) is 9.68. The number of primary amides is 1. The van der Waals surface area contributed by atoms with Crippen molar-refractivity contribution in [1.82, 2.24) is 5.32 Å². The van der Waals surface area contributed by atoms with E-state index in [0.717, 1.165) is 4.90 Å². The molecule has 0 bridgehead atoms. The lowest BCUT2D eigenvalue weighted by Gasteiger charge is -2.12. The number of benzene rings is 3. The molecule has 0 radical (unpaired) electrons. The largest absolute Gasteiger partial charge is 0.369 e. The number of hydrogen-bond donors (Lipinski definition) is 3. The molecule has 0 saturated carbocycles. The molecule has 0 spiro atoms. The topological polar surface area (TPSA) is 101 Å². The monoisotopic (exact) mass is 499 g/mol. The van der Waals surface area contributed by atoms with Crippen molar-refractivity contribution in [3.63, 3.8) is 0 Å². The van der Waals surface area contributed by atoms with Crippen LogP contribution in [0.4, 0.5) is 5.69 Å². The van der Waals surface area contributed by atoms with Crippen LogP contribution in [0, 0.1) is 0 Å². The summed E-state index contributed by atoms with van der Waals surface area (Å²) in [6.45, 7) is 0. The molecule has 6 nitrogen and oxygen atoms in total. The highest BCUT2D eigenvalue weighted by Crippen LogP contribution is 2.27. The van der Waals surface area contributed by atoms with Crippen molar-refractivity contribution in [2.45, 2.75) is 4.90 Å². The number of halogens is 2. The Labute approximate surface area is 205 Å². The molecule has 0 saturated heterocycles. The Balaban J connectivity index is 1.88. The molecule has 0 atom stereocenters. The van der Waals surface area contributed by atoms with Crippen LogP contribution < -0.4 is 16.4 Å². The van der Waals surface area contributed by atoms with Gasteiger partial charge in [-0.3, -0.25) is 14.4 Å². The Morgan fingerprint density at radius 1 is 0.939 bits per heavy atom. The van der Waals surface area contributed by atoms with E-state index in [-0.39, 0.29) is 16.5 Å². The fourth-order valence-electron chi connectivity index (χ4n) is 2.75. The van der Waals surface area contributed by atoms with E-state index in [9.17, 15) is 14.4 Å². The molecule has 0 fully saturated rings. The number of rotatable bonds is 8. The van der Waals surface area contributed by atoms with Gasteiger partial charge in [-0.15, -0.1) is 11.8 Å². The Hall–Kier alpha value is -3.26. The van der Waals surface area contributed by atoms with E-state index in [1.165, 1.54) is 17.8 Å². The quantitative estimate of drug-likeness (QED) is 0.300. The zero-order valence-electron chi connectivity index (χ0n) is 17.2. The number of anilines is 1. The summed E-state index contributed by atoms with van der Waals surface area (Å²) in [5, 5.41) is 5.97. The average molecular weight is 500 g/mol. The maximum atomic E-state index is 13.1. The zero-order valence-corrected chi connectivity index (χ0v) is 19.5. The second-order valence-electron chi connectivity index (χ2n) is 6.76. The minimum Gasteiger partial charge on any atom is -0.369 e. The molecule has 0 aliphatic carbocycles. The van der Waals surface area contributed by atoms with Crippen molar-refractivity contribution < 1.29 is 14.4 Å². The Bertz CT molecular complexity index is 1220. The highest BCUT2D eigenvalue weighted by atomic mass is 35.5. The lowest BCUT2D eigenvalue weighted by atomic mass is 10.1. The lowest BCUT2D eigenvalue weighted by Crippen LogP contribution is -2.30. The van der Waals surface area contributed by atoms with E-state index in [2.05, 4.69) is 10.6 Å². The van der Waals surface area contributed by atoms with Gasteiger partial charge < -0.3 is 16.4 Å². The molecule has 0 unspecified atom stereocenters. The second kappa shape index (κ2) is 11.6. The van der Waals surface area contributed by atoms with E-state index in [1.807, 2.05) is 0 Å². The number of thioether (sulfide) groups is 1. The Morgan fingerprint density at radius 3 is 2.39 bits per heavy atom. The molecule has 3 aromatic rings. The fourth-order valence-corrected chi connectivity index (χ4v) is 3.80. The average Bonchev–Trinajstić information content (AvgIpc) is 2.81. The van der Waals surface area contributed by atoms with Gasteiger partial charge in [0.15, 0.2) is 0 Å². The highest BCUT2D eigenvalue weighted by molar-refractivity contribution is 8.00. The summed E-state index contributed by atoms with van der Waals surface area (Å²) in [4.78, 5) is 37.6. The van der Waals surface area contributed by atoms with Crippen LogP contribution in [0.1, 0.15) is 15.9 Å². The summed E-state index contributed by atoms with van der Waals surface area (Å²) in [5.41, 5.74) is 6.50. The van der Waals surface area contributed by atoms with Crippen molar-refractivity contribution in [2.75, 3.05) is 11.1 Å². The molecule has 4 N–H and O–H groups in total. The van der Waals surface area contributed by atoms with Crippen LogP contribution in [0.3, 0.4) is 0 Å². The third-order valence-corrected chi connectivity index (χ3v) is 6.13. The van der Waals surface area contributed by atoms with Gasteiger partial charge in [0.25, 0.3) is 11.8 Å². The van der Waals surface area contributed by atoms with Crippen molar-refractivity contribution in [2.24, 2.45) is 5.73 Å². The van der Waals surface area contributed by atoms with Crippen molar-refractivity contribution >= 4 is 64.4 Å². The maximum Gasteiger partial charge on any atom is 0.272 e. The summed E-state index contributed by atoms with van der Waals surface area (Å²) in [5.74, 6) is -1.35. The van der Waals surface area contributed by atoms with Gasteiger partial charge in [0.1, 0.15) is 5.70 Å². The molecule has 33 heavy (non-hydrogen) atoms. The minimum absolute atomic E-state index is 0.0248. The van der Waals surface area contributed by atoms with Crippen LogP contribution >= 0.6 is 35.0 Å². The van der Waals surface area contributed by atoms with Crippen molar-refractivity contribution in [3.8, 4) is 0 Å². The smallest absolute Gasteiger partial charge is 0.272 e. The normalized spacial score (nSPS) is 11.0. The zero-order chi connectivity index (χ0) is 23.8. The SMILES string of the molecule is NC(=O)CSc1cccc(NC(=O)/C(=C\c2cccc(Cl)c2Cl)NC(=O)c2ccccc2)c1. The molecule has 0 heterocycles. The van der Waals surface area contributed by atoms with E-state index in [4.69, 9.17) is 28.9 Å². The Kier molecular flexibility index (Phi) is 8.54. The molecule has 3 amide bonds. The van der Waals surface area contributed by atoms with Gasteiger partial charge in [-0.05, 0) is 48.0 Å². The standard InChI is InChI=1S/C24H19Cl2N3O3S/c25-19-11-4-8-16(22(19)26)12-20(29-23(31)15-6-2-1-3-7-15)24(32)28-17-9-5-10-18(13-17)33-14-21(27)30/h1-13H,14H2,(H2,27,30)(H,28,32)(H,29,31)/b20-12+. The van der Waals surface area contributed by atoms with Crippen LogP contribution in [-0.2, 0) is 9.59 Å². The first kappa shape index (κ1) is 24.4. The Morgan fingerprint density at radius 2 is 1.67 bits per heavy atom. The van der Waals surface area contributed by atoms with Crippen LogP contribution in [-0.4, -0.2) is 23.5 Å². The van der Waals surface area contributed by atoms with E-state index in [1.54, 1.807) is 72.8 Å². The molecule has 0 aromatic heterocycles. The third kappa shape index (κ3) is 7.12. The van der Waals surface area contributed by atoms with Crippen LogP contribution in [0.15, 0.2) is 83.4 Å².